The largest absolute Gasteiger partial charge is 0.374 e. The number of carbonyl (C=O) groups is 1. The van der Waals surface area contributed by atoms with Crippen LogP contribution in [0.15, 0.2) is 18.3 Å². The summed E-state index contributed by atoms with van der Waals surface area (Å²) in [4.78, 5) is 15.5. The molecule has 0 aromatic carbocycles. The molecule has 7 nitrogen and oxygen atoms in total. The first-order valence-electron chi connectivity index (χ1n) is 4.45. The van der Waals surface area contributed by atoms with Gasteiger partial charge in [-0.15, -0.1) is 10.2 Å². The first-order valence-corrected chi connectivity index (χ1v) is 5.27. The van der Waals surface area contributed by atoms with Gasteiger partial charge in [0.05, 0.1) is 5.56 Å². The van der Waals surface area contributed by atoms with Crippen molar-refractivity contribution in [3.63, 3.8) is 0 Å². The Morgan fingerprint density at radius 1 is 1.47 bits per heavy atom. The van der Waals surface area contributed by atoms with Crippen molar-refractivity contribution in [3.8, 4) is 6.07 Å². The molecule has 0 radical (unpaired) electrons. The van der Waals surface area contributed by atoms with Crippen molar-refractivity contribution in [2.45, 2.75) is 0 Å². The maximum absolute atomic E-state index is 11.7. The van der Waals surface area contributed by atoms with E-state index in [9.17, 15) is 4.79 Å². The lowest BCUT2D eigenvalue weighted by molar-refractivity contribution is 0.102. The zero-order valence-electron chi connectivity index (χ0n) is 8.41. The quantitative estimate of drug-likeness (QED) is 0.802. The first kappa shape index (κ1) is 11.0. The number of aromatic nitrogens is 3. The van der Waals surface area contributed by atoms with Crippen molar-refractivity contribution in [2.75, 3.05) is 11.1 Å². The standard InChI is InChI=1S/C9H6N6OS/c10-3-5-1-2-6(12-4-5)7(16)13-9-15-14-8(11)17-9/h1-2,4H,(H2,11,14)(H,13,15,16). The topological polar surface area (TPSA) is 118 Å². The predicted octanol–water partition coefficient (Wildman–Crippen LogP) is 0.639. The monoisotopic (exact) mass is 246 g/mol. The van der Waals surface area contributed by atoms with E-state index in [1.807, 2.05) is 6.07 Å². The van der Waals surface area contributed by atoms with Crippen molar-refractivity contribution in [1.82, 2.24) is 15.2 Å². The SMILES string of the molecule is N#Cc1ccc(C(=O)Nc2nnc(N)s2)nc1. The van der Waals surface area contributed by atoms with Gasteiger partial charge in [-0.2, -0.15) is 5.26 Å². The third-order valence-corrected chi connectivity index (χ3v) is 2.45. The highest BCUT2D eigenvalue weighted by molar-refractivity contribution is 7.19. The van der Waals surface area contributed by atoms with Crippen LogP contribution >= 0.6 is 11.3 Å². The number of hydrogen-bond acceptors (Lipinski definition) is 7. The van der Waals surface area contributed by atoms with Gasteiger partial charge in [0, 0.05) is 6.20 Å². The second-order valence-corrected chi connectivity index (χ2v) is 3.95. The number of nitrogens with two attached hydrogens (primary N) is 1. The second kappa shape index (κ2) is 4.54. The van der Waals surface area contributed by atoms with Crippen LogP contribution in [0.25, 0.3) is 0 Å². The van der Waals surface area contributed by atoms with Crippen molar-refractivity contribution in [1.29, 1.82) is 5.26 Å². The molecule has 0 atom stereocenters. The number of carbonyl (C=O) groups excluding carboxylic acids is 1. The molecule has 0 fully saturated rings. The van der Waals surface area contributed by atoms with Crippen molar-refractivity contribution < 1.29 is 4.79 Å². The molecule has 2 aromatic rings. The Kier molecular flexibility index (Phi) is 2.93. The van der Waals surface area contributed by atoms with Crippen LogP contribution in [0, 0.1) is 11.3 Å². The lowest BCUT2D eigenvalue weighted by atomic mass is 10.2. The van der Waals surface area contributed by atoms with Gasteiger partial charge in [0.25, 0.3) is 5.91 Å². The highest BCUT2D eigenvalue weighted by Gasteiger charge is 2.10. The third-order valence-electron chi connectivity index (χ3n) is 1.79. The minimum Gasteiger partial charge on any atom is -0.374 e. The molecule has 0 aliphatic heterocycles. The van der Waals surface area contributed by atoms with Crippen molar-refractivity contribution in [3.05, 3.63) is 29.6 Å². The van der Waals surface area contributed by atoms with Crippen molar-refractivity contribution >= 4 is 27.5 Å². The van der Waals surface area contributed by atoms with E-state index >= 15 is 0 Å². The predicted molar refractivity (Wildman–Crippen MR) is 61.2 cm³/mol. The van der Waals surface area contributed by atoms with Gasteiger partial charge in [-0.25, -0.2) is 4.98 Å². The number of nitrogen functional groups attached to an aromatic ring is 1. The Labute approximate surface area is 99.9 Å². The van der Waals surface area contributed by atoms with E-state index in [4.69, 9.17) is 11.0 Å². The molecule has 84 valence electrons. The first-order chi connectivity index (χ1) is 8.19. The molecular weight excluding hydrogens is 240 g/mol. The number of hydrogen-bond donors (Lipinski definition) is 2. The average Bonchev–Trinajstić information content (AvgIpc) is 2.75. The van der Waals surface area contributed by atoms with Crippen LogP contribution in [0.1, 0.15) is 16.1 Å². The Balaban J connectivity index is 2.12. The fourth-order valence-corrected chi connectivity index (χ4v) is 1.55. The summed E-state index contributed by atoms with van der Waals surface area (Å²) in [6.45, 7) is 0. The maximum atomic E-state index is 11.7. The van der Waals surface area contributed by atoms with Gasteiger partial charge in [-0.3, -0.25) is 10.1 Å². The third kappa shape index (κ3) is 2.53. The van der Waals surface area contributed by atoms with Crippen LogP contribution in [0.5, 0.6) is 0 Å². The van der Waals surface area contributed by atoms with E-state index in [-0.39, 0.29) is 10.8 Å². The second-order valence-electron chi connectivity index (χ2n) is 2.94. The smallest absolute Gasteiger partial charge is 0.276 e. The Morgan fingerprint density at radius 2 is 2.29 bits per heavy atom. The average molecular weight is 246 g/mol. The zero-order chi connectivity index (χ0) is 12.3. The molecule has 2 aromatic heterocycles. The number of pyridine rings is 1. The Hall–Kier alpha value is -2.53. The van der Waals surface area contributed by atoms with Crippen LogP contribution in [0.4, 0.5) is 10.3 Å². The molecule has 17 heavy (non-hydrogen) atoms. The summed E-state index contributed by atoms with van der Waals surface area (Å²) < 4.78 is 0. The van der Waals surface area contributed by atoms with Gasteiger partial charge in [-0.1, -0.05) is 11.3 Å². The number of rotatable bonds is 2. The number of amides is 1. The Bertz CT molecular complexity index is 584. The molecule has 0 spiro atoms. The minimum absolute atomic E-state index is 0.192. The highest BCUT2D eigenvalue weighted by Crippen LogP contribution is 2.16. The van der Waals surface area contributed by atoms with E-state index in [1.165, 1.54) is 18.3 Å². The maximum Gasteiger partial charge on any atom is 0.276 e. The molecule has 1 amide bonds. The summed E-state index contributed by atoms with van der Waals surface area (Å²) in [5.74, 6) is -0.425. The lowest BCUT2D eigenvalue weighted by Crippen LogP contribution is -2.13. The van der Waals surface area contributed by atoms with Gasteiger partial charge >= 0.3 is 0 Å². The number of nitrogens with one attached hydrogen (secondary N) is 1. The van der Waals surface area contributed by atoms with Gasteiger partial charge in [-0.05, 0) is 12.1 Å². The van der Waals surface area contributed by atoms with E-state index in [2.05, 4.69) is 20.5 Å². The summed E-state index contributed by atoms with van der Waals surface area (Å²) in [5, 5.41) is 18.9. The van der Waals surface area contributed by atoms with Crippen LogP contribution < -0.4 is 11.1 Å². The highest BCUT2D eigenvalue weighted by atomic mass is 32.1. The van der Waals surface area contributed by atoms with Crippen LogP contribution in [0.3, 0.4) is 0 Å². The molecule has 0 aliphatic carbocycles. The normalized spacial score (nSPS) is 9.59. The molecule has 2 rings (SSSR count). The molecule has 8 heteroatoms. The van der Waals surface area contributed by atoms with E-state index < -0.39 is 5.91 Å². The van der Waals surface area contributed by atoms with Crippen LogP contribution in [0.2, 0.25) is 0 Å². The van der Waals surface area contributed by atoms with Crippen LogP contribution in [-0.4, -0.2) is 21.1 Å². The molecule has 0 saturated heterocycles. The van der Waals surface area contributed by atoms with E-state index in [0.717, 1.165) is 11.3 Å². The minimum atomic E-state index is -0.425. The molecule has 0 aliphatic rings. The fourth-order valence-electron chi connectivity index (χ4n) is 1.04. The van der Waals surface area contributed by atoms with Gasteiger partial charge < -0.3 is 5.73 Å². The summed E-state index contributed by atoms with van der Waals surface area (Å²) in [6.07, 6.45) is 1.32. The van der Waals surface area contributed by atoms with Gasteiger partial charge in [0.2, 0.25) is 10.3 Å². The summed E-state index contributed by atoms with van der Waals surface area (Å²) >= 11 is 1.06. The molecular formula is C9H6N6OS. The number of nitrogens with zero attached hydrogens (tertiary/aromatic N) is 4. The molecule has 0 saturated carbocycles. The molecule has 3 N–H and O–H groups in total. The summed E-state index contributed by atoms with van der Waals surface area (Å²) in [5.41, 5.74) is 5.96. The number of nitriles is 1. The molecule has 0 unspecified atom stereocenters. The summed E-state index contributed by atoms with van der Waals surface area (Å²) in [7, 11) is 0. The summed E-state index contributed by atoms with van der Waals surface area (Å²) in [6, 6.07) is 4.88. The fraction of sp³-hybridized carbons (Fsp3) is 0. The zero-order valence-corrected chi connectivity index (χ0v) is 9.23. The molecule has 2 heterocycles. The number of anilines is 2. The molecule has 0 bridgehead atoms. The van der Waals surface area contributed by atoms with E-state index in [1.54, 1.807) is 0 Å². The lowest BCUT2D eigenvalue weighted by Gasteiger charge is -1.99. The van der Waals surface area contributed by atoms with E-state index in [0.29, 0.717) is 10.7 Å². The van der Waals surface area contributed by atoms with Gasteiger partial charge in [0.15, 0.2) is 0 Å². The Morgan fingerprint density at radius 3 is 2.82 bits per heavy atom. The van der Waals surface area contributed by atoms with Crippen LogP contribution in [-0.2, 0) is 0 Å². The van der Waals surface area contributed by atoms with Crippen molar-refractivity contribution in [2.24, 2.45) is 0 Å². The van der Waals surface area contributed by atoms with Gasteiger partial charge in [0.1, 0.15) is 11.8 Å².